The van der Waals surface area contributed by atoms with E-state index in [4.69, 9.17) is 11.6 Å². The molecule has 0 nitrogen and oxygen atoms in total. The van der Waals surface area contributed by atoms with Crippen molar-refractivity contribution >= 4 is 21.8 Å². The maximum Gasteiger partial charge on any atom is 0.0487 e. The highest BCUT2D eigenvalue weighted by molar-refractivity contribution is 6.40. The molecule has 0 aliphatic heterocycles. The molecule has 0 aliphatic rings. The number of hydrogen-bond acceptors (Lipinski definition) is 0. The third kappa shape index (κ3) is 18.5. The van der Waals surface area contributed by atoms with Gasteiger partial charge in [0.15, 0.2) is 0 Å². The zero-order valence-corrected chi connectivity index (χ0v) is 15.5. The molecule has 2 heteroatoms. The molecule has 20 heavy (non-hydrogen) atoms. The van der Waals surface area contributed by atoms with E-state index in [1.165, 1.54) is 96.3 Å². The number of rotatable bonds is 16. The molecular weight excluding hydrogens is 280 g/mol. The summed E-state index contributed by atoms with van der Waals surface area (Å²) in [6, 6.07) is 0. The van der Waals surface area contributed by atoms with Crippen LogP contribution < -0.4 is 0 Å². The second-order valence-corrected chi connectivity index (χ2v) is 7.80. The zero-order valence-electron chi connectivity index (χ0n) is 13.8. The molecule has 0 N–H and O–H groups in total. The lowest BCUT2D eigenvalue weighted by Crippen LogP contribution is -1.95. The zero-order chi connectivity index (χ0) is 14.9. The van der Waals surface area contributed by atoms with E-state index in [2.05, 4.69) is 17.2 Å². The van der Waals surface area contributed by atoms with Gasteiger partial charge in [0.2, 0.25) is 0 Å². The summed E-state index contributed by atoms with van der Waals surface area (Å²) in [5, 5.41) is 0.178. The minimum absolute atomic E-state index is 0.178. The first-order valence-corrected chi connectivity index (χ1v) is 10.1. The Morgan fingerprint density at radius 2 is 0.900 bits per heavy atom. The molecule has 0 amide bonds. The summed E-state index contributed by atoms with van der Waals surface area (Å²) in [5.74, 6) is 0. The molecule has 0 aromatic heterocycles. The first-order chi connectivity index (χ1) is 9.77. The molecule has 0 aliphatic carbocycles. The van der Waals surface area contributed by atoms with Crippen molar-refractivity contribution in [1.29, 1.82) is 0 Å². The third-order valence-corrected chi connectivity index (χ3v) is 4.57. The molecule has 0 aromatic rings. The topological polar surface area (TPSA) is 0 Å². The predicted molar refractivity (Wildman–Crippen MR) is 94.9 cm³/mol. The second kappa shape index (κ2) is 17.6. The first kappa shape index (κ1) is 20.5. The van der Waals surface area contributed by atoms with E-state index in [1.807, 2.05) is 0 Å². The normalized spacial score (nSPS) is 12.8. The molecule has 0 bridgehead atoms. The fraction of sp³-hybridized carbons (Fsp3) is 1.00. The first-order valence-electron chi connectivity index (χ1n) is 9.12. The van der Waals surface area contributed by atoms with E-state index in [9.17, 15) is 0 Å². The van der Waals surface area contributed by atoms with Crippen LogP contribution in [0.15, 0.2) is 0 Å². The van der Waals surface area contributed by atoms with Crippen molar-refractivity contribution in [2.45, 2.75) is 115 Å². The molecule has 3 radical (unpaired) electrons. The lowest BCUT2D eigenvalue weighted by Gasteiger charge is -2.04. The lowest BCUT2D eigenvalue weighted by molar-refractivity contribution is 0.531. The van der Waals surface area contributed by atoms with Gasteiger partial charge in [0, 0.05) is 15.2 Å². The molecule has 0 fully saturated rings. The van der Waals surface area contributed by atoms with Gasteiger partial charge in [-0.15, -0.1) is 11.6 Å². The Hall–Kier alpha value is 0.507. The van der Waals surface area contributed by atoms with Gasteiger partial charge in [0.1, 0.15) is 0 Å². The molecule has 0 saturated carbocycles. The average Bonchev–Trinajstić information content (AvgIpc) is 2.43. The van der Waals surface area contributed by atoms with Crippen LogP contribution in [0.3, 0.4) is 0 Å². The SMILES string of the molecule is CCCCCCCCCCCCCCCCCC([Si])Cl. The molecule has 0 saturated heterocycles. The van der Waals surface area contributed by atoms with Crippen LogP contribution in [0, 0.1) is 0 Å². The smallest absolute Gasteiger partial charge is 0.0487 e. The van der Waals surface area contributed by atoms with Crippen molar-refractivity contribution in [1.82, 2.24) is 0 Å². The van der Waals surface area contributed by atoms with Gasteiger partial charge < -0.3 is 0 Å². The van der Waals surface area contributed by atoms with Crippen molar-refractivity contribution in [3.05, 3.63) is 0 Å². The highest BCUT2D eigenvalue weighted by Crippen LogP contribution is 2.14. The third-order valence-electron chi connectivity index (χ3n) is 4.06. The summed E-state index contributed by atoms with van der Waals surface area (Å²) < 4.78 is 0. The number of hydrogen-bond donors (Lipinski definition) is 0. The molecule has 1 atom stereocenters. The van der Waals surface area contributed by atoms with Crippen LogP contribution in [0.4, 0.5) is 0 Å². The Balaban J connectivity index is 2.92. The van der Waals surface area contributed by atoms with Gasteiger partial charge in [0.05, 0.1) is 0 Å². The van der Waals surface area contributed by atoms with Crippen LogP contribution in [0.5, 0.6) is 0 Å². The summed E-state index contributed by atoms with van der Waals surface area (Å²) in [6.07, 6.45) is 22.5. The van der Waals surface area contributed by atoms with Crippen molar-refractivity contribution in [2.24, 2.45) is 0 Å². The molecule has 0 heterocycles. The van der Waals surface area contributed by atoms with Gasteiger partial charge in [-0.05, 0) is 6.42 Å². The van der Waals surface area contributed by atoms with E-state index in [-0.39, 0.29) is 5.00 Å². The minimum Gasteiger partial charge on any atom is -0.127 e. The Kier molecular flexibility index (Phi) is 18.0. The quantitative estimate of drug-likeness (QED) is 0.164. The van der Waals surface area contributed by atoms with E-state index in [1.54, 1.807) is 0 Å². The van der Waals surface area contributed by atoms with Gasteiger partial charge in [-0.25, -0.2) is 0 Å². The highest BCUT2D eigenvalue weighted by atomic mass is 35.5. The van der Waals surface area contributed by atoms with Gasteiger partial charge in [-0.2, -0.15) is 0 Å². The highest BCUT2D eigenvalue weighted by Gasteiger charge is 1.97. The Morgan fingerprint density at radius 3 is 1.20 bits per heavy atom. The summed E-state index contributed by atoms with van der Waals surface area (Å²) in [4.78, 5) is 0. The Bertz CT molecular complexity index is 171. The molecule has 1 unspecified atom stereocenters. The van der Waals surface area contributed by atoms with Crippen LogP contribution in [-0.4, -0.2) is 15.2 Å². The van der Waals surface area contributed by atoms with Crippen LogP contribution >= 0.6 is 11.6 Å². The van der Waals surface area contributed by atoms with E-state index in [0.29, 0.717) is 0 Å². The maximum absolute atomic E-state index is 5.85. The summed E-state index contributed by atoms with van der Waals surface area (Å²) in [7, 11) is 3.43. The fourth-order valence-electron chi connectivity index (χ4n) is 2.69. The number of alkyl halides is 1. The van der Waals surface area contributed by atoms with Crippen LogP contribution in [0.1, 0.15) is 110 Å². The van der Waals surface area contributed by atoms with Crippen molar-refractivity contribution in [2.75, 3.05) is 0 Å². The average molecular weight is 316 g/mol. The van der Waals surface area contributed by atoms with Crippen molar-refractivity contribution in [3.8, 4) is 0 Å². The lowest BCUT2D eigenvalue weighted by atomic mass is 10.0. The van der Waals surface area contributed by atoms with Crippen LogP contribution in [0.2, 0.25) is 0 Å². The van der Waals surface area contributed by atoms with Gasteiger partial charge in [-0.3, -0.25) is 0 Å². The summed E-state index contributed by atoms with van der Waals surface area (Å²) in [5.41, 5.74) is 0. The maximum atomic E-state index is 5.85. The van der Waals surface area contributed by atoms with E-state index < -0.39 is 0 Å². The van der Waals surface area contributed by atoms with E-state index in [0.717, 1.165) is 6.42 Å². The standard InChI is InChI=1S/C18H36ClSi/c1-2-3-4-5-6-7-8-9-10-11-12-13-14-15-16-17-18(19)20/h18H,2-17H2,1H3. The van der Waals surface area contributed by atoms with Crippen LogP contribution in [-0.2, 0) is 0 Å². The van der Waals surface area contributed by atoms with Gasteiger partial charge in [-0.1, -0.05) is 103 Å². The monoisotopic (exact) mass is 315 g/mol. The molecule has 119 valence electrons. The minimum atomic E-state index is 0.178. The Labute approximate surface area is 136 Å². The van der Waals surface area contributed by atoms with Crippen molar-refractivity contribution < 1.29 is 0 Å². The fourth-order valence-corrected chi connectivity index (χ4v) is 3.05. The molecule has 0 spiro atoms. The Morgan fingerprint density at radius 1 is 0.600 bits per heavy atom. The summed E-state index contributed by atoms with van der Waals surface area (Å²) >= 11 is 5.85. The van der Waals surface area contributed by atoms with E-state index >= 15 is 0 Å². The van der Waals surface area contributed by atoms with Crippen LogP contribution in [0.25, 0.3) is 0 Å². The largest absolute Gasteiger partial charge is 0.127 e. The van der Waals surface area contributed by atoms with Crippen molar-refractivity contribution in [3.63, 3.8) is 0 Å². The van der Waals surface area contributed by atoms with Gasteiger partial charge >= 0.3 is 0 Å². The molecule has 0 rings (SSSR count). The predicted octanol–water partition coefficient (Wildman–Crippen LogP) is 6.98. The number of unbranched alkanes of at least 4 members (excludes halogenated alkanes) is 14. The second-order valence-electron chi connectivity index (χ2n) is 6.21. The van der Waals surface area contributed by atoms with Gasteiger partial charge in [0.25, 0.3) is 0 Å². The molecule has 0 aromatic carbocycles. The number of halogens is 1. The summed E-state index contributed by atoms with van der Waals surface area (Å²) in [6.45, 7) is 2.29. The molecular formula is C18H36ClSi.